The Labute approximate surface area is 129 Å². The molecule has 0 aliphatic carbocycles. The predicted molar refractivity (Wildman–Crippen MR) is 88.6 cm³/mol. The minimum Gasteiger partial charge on any atom is -0.349 e. The lowest BCUT2D eigenvalue weighted by atomic mass is 9.94. The lowest BCUT2D eigenvalue weighted by Gasteiger charge is -2.11. The van der Waals surface area contributed by atoms with E-state index in [9.17, 15) is 4.79 Å². The summed E-state index contributed by atoms with van der Waals surface area (Å²) in [5, 5.41) is 1.23. The van der Waals surface area contributed by atoms with Crippen LogP contribution in [0.5, 0.6) is 0 Å². The zero-order chi connectivity index (χ0) is 14.7. The molecule has 2 rings (SSSR count). The lowest BCUT2D eigenvalue weighted by Crippen LogP contribution is -1.94. The molecule has 3 heteroatoms. The van der Waals surface area contributed by atoms with Crippen molar-refractivity contribution in [2.45, 2.75) is 52.4 Å². The minimum absolute atomic E-state index is 0.107. The molecule has 2 nitrogen and oxygen atoms in total. The molecule has 0 bridgehead atoms. The summed E-state index contributed by atoms with van der Waals surface area (Å²) < 4.78 is 1.05. The summed E-state index contributed by atoms with van der Waals surface area (Å²) in [6, 6.07) is 5.94. The van der Waals surface area contributed by atoms with E-state index in [1.807, 2.05) is 12.1 Å². The quantitative estimate of drug-likeness (QED) is 0.523. The number of fused-ring (bicyclic) bond motifs is 1. The number of ketones is 1. The van der Waals surface area contributed by atoms with E-state index in [-0.39, 0.29) is 5.78 Å². The number of hydrogen-bond acceptors (Lipinski definition) is 1. The van der Waals surface area contributed by atoms with Gasteiger partial charge in [0.2, 0.25) is 0 Å². The molecule has 0 saturated heterocycles. The van der Waals surface area contributed by atoms with Crippen molar-refractivity contribution in [2.75, 3.05) is 0 Å². The van der Waals surface area contributed by atoms with E-state index in [0.29, 0.717) is 5.92 Å². The highest BCUT2D eigenvalue weighted by Gasteiger charge is 2.16. The van der Waals surface area contributed by atoms with E-state index >= 15 is 0 Å². The molecule has 108 valence electrons. The third kappa shape index (κ3) is 3.14. The van der Waals surface area contributed by atoms with Crippen LogP contribution in [0.25, 0.3) is 10.9 Å². The first-order valence-electron chi connectivity index (χ1n) is 7.36. The van der Waals surface area contributed by atoms with Crippen molar-refractivity contribution in [3.05, 3.63) is 33.9 Å². The maximum absolute atomic E-state index is 11.5. The number of unbranched alkanes of at least 4 members (excludes halogenated alkanes) is 2. The van der Waals surface area contributed by atoms with E-state index in [0.717, 1.165) is 15.7 Å². The van der Waals surface area contributed by atoms with Gasteiger partial charge in [-0.1, -0.05) is 45.2 Å². The second-order valence-corrected chi connectivity index (χ2v) is 6.36. The van der Waals surface area contributed by atoms with Gasteiger partial charge in [-0.3, -0.25) is 4.79 Å². The van der Waals surface area contributed by atoms with Crippen LogP contribution in [0.3, 0.4) is 0 Å². The Hall–Kier alpha value is -1.09. The summed E-state index contributed by atoms with van der Waals surface area (Å²) in [6.07, 6.45) is 5.01. The first kappa shape index (κ1) is 15.3. The number of aromatic amines is 1. The Bertz CT molecular complexity index is 615. The standard InChI is InChI=1S/C17H22BrNO/c1-4-5-6-7-11(2)16-14-9-8-13(12(3)20)10-15(14)19-17(16)18/h8-11,19H,4-7H2,1-3H3. The SMILES string of the molecule is CCCCCC(C)c1c(Br)[nH]c2cc(C(C)=O)ccc12. The summed E-state index contributed by atoms with van der Waals surface area (Å²) in [5.74, 6) is 0.628. The molecule has 1 unspecified atom stereocenters. The van der Waals surface area contributed by atoms with Gasteiger partial charge in [-0.05, 0) is 46.8 Å². The molecule has 0 aliphatic heterocycles. The van der Waals surface area contributed by atoms with Gasteiger partial charge in [0.25, 0.3) is 0 Å². The molecule has 1 atom stereocenters. The number of halogens is 1. The zero-order valence-electron chi connectivity index (χ0n) is 12.4. The number of benzene rings is 1. The highest BCUT2D eigenvalue weighted by atomic mass is 79.9. The Morgan fingerprint density at radius 2 is 2.10 bits per heavy atom. The first-order chi connectivity index (χ1) is 9.54. The summed E-state index contributed by atoms with van der Waals surface area (Å²) in [4.78, 5) is 14.8. The van der Waals surface area contributed by atoms with Crippen LogP contribution in [0.15, 0.2) is 22.8 Å². The molecule has 2 aromatic rings. The number of rotatable bonds is 6. The second-order valence-electron chi connectivity index (χ2n) is 5.57. The van der Waals surface area contributed by atoms with E-state index < -0.39 is 0 Å². The molecule has 0 radical (unpaired) electrons. The monoisotopic (exact) mass is 335 g/mol. The molecule has 1 aromatic carbocycles. The van der Waals surface area contributed by atoms with Crippen molar-refractivity contribution < 1.29 is 4.79 Å². The third-order valence-corrected chi connectivity index (χ3v) is 4.56. The second kappa shape index (κ2) is 6.57. The van der Waals surface area contributed by atoms with Crippen molar-refractivity contribution in [3.63, 3.8) is 0 Å². The average molecular weight is 336 g/mol. The normalized spacial score (nSPS) is 12.8. The van der Waals surface area contributed by atoms with Crippen LogP contribution < -0.4 is 0 Å². The van der Waals surface area contributed by atoms with Crippen LogP contribution >= 0.6 is 15.9 Å². The molecule has 1 heterocycles. The fourth-order valence-corrected chi connectivity index (χ4v) is 3.55. The Kier molecular flexibility index (Phi) is 5.03. The van der Waals surface area contributed by atoms with Crippen molar-refractivity contribution in [3.8, 4) is 0 Å². The summed E-state index contributed by atoms with van der Waals surface area (Å²) in [6.45, 7) is 6.12. The maximum atomic E-state index is 11.5. The average Bonchev–Trinajstić information content (AvgIpc) is 2.73. The maximum Gasteiger partial charge on any atom is 0.159 e. The minimum atomic E-state index is 0.107. The Morgan fingerprint density at radius 1 is 1.35 bits per heavy atom. The summed E-state index contributed by atoms with van der Waals surface area (Å²) in [5.41, 5.74) is 3.14. The molecule has 20 heavy (non-hydrogen) atoms. The molecule has 0 amide bonds. The van der Waals surface area contributed by atoms with Crippen molar-refractivity contribution in [1.29, 1.82) is 0 Å². The molecular weight excluding hydrogens is 314 g/mol. The van der Waals surface area contributed by atoms with Gasteiger partial charge in [-0.25, -0.2) is 0 Å². The van der Waals surface area contributed by atoms with Crippen LogP contribution in [0.4, 0.5) is 0 Å². The number of carbonyl (C=O) groups is 1. The first-order valence-corrected chi connectivity index (χ1v) is 8.16. The Morgan fingerprint density at radius 3 is 2.75 bits per heavy atom. The molecule has 0 saturated carbocycles. The van der Waals surface area contributed by atoms with Crippen LogP contribution in [0.1, 0.15) is 68.3 Å². The topological polar surface area (TPSA) is 32.9 Å². The van der Waals surface area contributed by atoms with Gasteiger partial charge in [0, 0.05) is 16.5 Å². The highest BCUT2D eigenvalue weighted by molar-refractivity contribution is 9.10. The van der Waals surface area contributed by atoms with E-state index in [4.69, 9.17) is 0 Å². The number of Topliss-reactive ketones (excluding diaryl/α,β-unsaturated/α-hetero) is 1. The fraction of sp³-hybridized carbons (Fsp3) is 0.471. The number of H-pyrrole nitrogens is 1. The van der Waals surface area contributed by atoms with E-state index in [2.05, 4.69) is 40.8 Å². The number of hydrogen-bond donors (Lipinski definition) is 1. The molecular formula is C17H22BrNO. The largest absolute Gasteiger partial charge is 0.349 e. The van der Waals surface area contributed by atoms with Crippen LogP contribution in [-0.2, 0) is 0 Å². The molecule has 0 spiro atoms. The van der Waals surface area contributed by atoms with Gasteiger partial charge in [-0.2, -0.15) is 0 Å². The van der Waals surface area contributed by atoms with Gasteiger partial charge < -0.3 is 4.98 Å². The number of nitrogens with one attached hydrogen (secondary N) is 1. The van der Waals surface area contributed by atoms with Crippen LogP contribution in [0, 0.1) is 0 Å². The molecule has 1 aromatic heterocycles. The van der Waals surface area contributed by atoms with Gasteiger partial charge in [-0.15, -0.1) is 0 Å². The van der Waals surface area contributed by atoms with Crippen LogP contribution in [-0.4, -0.2) is 10.8 Å². The Balaban J connectivity index is 2.33. The summed E-state index contributed by atoms with van der Waals surface area (Å²) in [7, 11) is 0. The molecule has 1 N–H and O–H groups in total. The van der Waals surface area contributed by atoms with E-state index in [1.165, 1.54) is 36.6 Å². The fourth-order valence-electron chi connectivity index (χ4n) is 2.73. The molecule has 0 fully saturated rings. The summed E-state index contributed by atoms with van der Waals surface area (Å²) >= 11 is 3.64. The van der Waals surface area contributed by atoms with Crippen molar-refractivity contribution in [1.82, 2.24) is 4.98 Å². The molecule has 0 aliphatic rings. The highest BCUT2D eigenvalue weighted by Crippen LogP contribution is 2.35. The van der Waals surface area contributed by atoms with Crippen LogP contribution in [0.2, 0.25) is 0 Å². The van der Waals surface area contributed by atoms with Crippen molar-refractivity contribution in [2.24, 2.45) is 0 Å². The van der Waals surface area contributed by atoms with Gasteiger partial charge >= 0.3 is 0 Å². The number of carbonyl (C=O) groups excluding carboxylic acids is 1. The van der Waals surface area contributed by atoms with Gasteiger partial charge in [0.1, 0.15) is 0 Å². The zero-order valence-corrected chi connectivity index (χ0v) is 14.0. The smallest absolute Gasteiger partial charge is 0.159 e. The van der Waals surface area contributed by atoms with Gasteiger partial charge in [0.05, 0.1) is 4.60 Å². The predicted octanol–water partition coefficient (Wildman–Crippen LogP) is 5.82. The third-order valence-electron chi connectivity index (χ3n) is 3.93. The van der Waals surface area contributed by atoms with Crippen molar-refractivity contribution >= 4 is 32.6 Å². The lowest BCUT2D eigenvalue weighted by molar-refractivity contribution is 0.101. The number of aromatic nitrogens is 1. The van der Waals surface area contributed by atoms with Gasteiger partial charge in [0.15, 0.2) is 5.78 Å². The van der Waals surface area contributed by atoms with E-state index in [1.54, 1.807) is 6.92 Å².